The molecule has 1 nitrogen and oxygen atoms in total. The predicted molar refractivity (Wildman–Crippen MR) is 90.5 cm³/mol. The average Bonchev–Trinajstić information content (AvgIpc) is 2.85. The van der Waals surface area contributed by atoms with E-state index in [4.69, 9.17) is 0 Å². The number of Topliss-reactive ketones (excluding diaryl/α,β-unsaturated/α-hetero) is 1. The maximum atomic E-state index is 12.5. The molecule has 0 bridgehead atoms. The third-order valence-corrected chi connectivity index (χ3v) is 9.13. The molecule has 22 heavy (non-hydrogen) atoms. The minimum atomic E-state index is -0.0750. The van der Waals surface area contributed by atoms with Crippen molar-refractivity contribution in [3.05, 3.63) is 0 Å². The smallest absolute Gasteiger partial charge is 0.138 e. The first-order valence-corrected chi connectivity index (χ1v) is 9.82. The molecular weight excluding hydrogens is 268 g/mol. The molecule has 0 aromatic carbocycles. The van der Waals surface area contributed by atoms with Crippen molar-refractivity contribution in [3.63, 3.8) is 0 Å². The van der Waals surface area contributed by atoms with E-state index in [-0.39, 0.29) is 5.41 Å². The SMILES string of the molecule is CC12CCCC1C1CC[C@H]3C(C)(C)C(=O)CCC3(C)C1CC2. The Morgan fingerprint density at radius 2 is 1.64 bits per heavy atom. The van der Waals surface area contributed by atoms with E-state index < -0.39 is 0 Å². The third-order valence-electron chi connectivity index (χ3n) is 9.13. The van der Waals surface area contributed by atoms with Crippen LogP contribution in [0.1, 0.15) is 85.5 Å². The number of ketones is 1. The fraction of sp³-hybridized carbons (Fsp3) is 0.952. The Bertz CT molecular complexity index is 492. The summed E-state index contributed by atoms with van der Waals surface area (Å²) in [5.74, 6) is 4.02. The highest BCUT2D eigenvalue weighted by atomic mass is 16.1. The highest BCUT2D eigenvalue weighted by Crippen LogP contribution is 2.68. The maximum Gasteiger partial charge on any atom is 0.138 e. The van der Waals surface area contributed by atoms with Gasteiger partial charge in [0.1, 0.15) is 5.78 Å². The van der Waals surface area contributed by atoms with Crippen molar-refractivity contribution in [1.29, 1.82) is 0 Å². The zero-order chi connectivity index (χ0) is 15.8. The van der Waals surface area contributed by atoms with Crippen LogP contribution in [0, 0.1) is 39.9 Å². The molecule has 4 saturated carbocycles. The lowest BCUT2D eigenvalue weighted by Gasteiger charge is -2.62. The number of carbonyl (C=O) groups excluding carboxylic acids is 1. The van der Waals surface area contributed by atoms with Crippen LogP contribution in [0.4, 0.5) is 0 Å². The largest absolute Gasteiger partial charge is 0.299 e. The van der Waals surface area contributed by atoms with Crippen LogP contribution in [-0.4, -0.2) is 5.78 Å². The van der Waals surface area contributed by atoms with Gasteiger partial charge in [0, 0.05) is 11.8 Å². The summed E-state index contributed by atoms with van der Waals surface area (Å²) in [6.07, 6.45) is 12.0. The highest BCUT2D eigenvalue weighted by molar-refractivity contribution is 5.85. The summed E-state index contributed by atoms with van der Waals surface area (Å²) in [6, 6.07) is 0. The predicted octanol–water partition coefficient (Wildman–Crippen LogP) is 5.62. The molecule has 4 aliphatic carbocycles. The fourth-order valence-corrected chi connectivity index (χ4v) is 7.89. The monoisotopic (exact) mass is 302 g/mol. The summed E-state index contributed by atoms with van der Waals surface area (Å²) in [6.45, 7) is 9.66. The van der Waals surface area contributed by atoms with E-state index in [1.54, 1.807) is 0 Å². The molecule has 0 heterocycles. The van der Waals surface area contributed by atoms with Crippen molar-refractivity contribution in [2.75, 3.05) is 0 Å². The van der Waals surface area contributed by atoms with Crippen LogP contribution < -0.4 is 0 Å². The van der Waals surface area contributed by atoms with Gasteiger partial charge < -0.3 is 0 Å². The molecule has 6 atom stereocenters. The number of hydrogen-bond donors (Lipinski definition) is 0. The first kappa shape index (κ1) is 15.2. The minimum absolute atomic E-state index is 0.0750. The van der Waals surface area contributed by atoms with Crippen LogP contribution in [0.3, 0.4) is 0 Å². The van der Waals surface area contributed by atoms with Gasteiger partial charge in [0.2, 0.25) is 0 Å². The van der Waals surface area contributed by atoms with Crippen molar-refractivity contribution in [3.8, 4) is 0 Å². The molecule has 0 radical (unpaired) electrons. The van der Waals surface area contributed by atoms with E-state index in [9.17, 15) is 4.79 Å². The Balaban J connectivity index is 1.68. The normalized spacial score (nSPS) is 53.5. The van der Waals surface area contributed by atoms with Crippen molar-refractivity contribution in [1.82, 2.24) is 0 Å². The number of fused-ring (bicyclic) bond motifs is 5. The van der Waals surface area contributed by atoms with Gasteiger partial charge in [-0.1, -0.05) is 34.1 Å². The topological polar surface area (TPSA) is 17.1 Å². The molecule has 5 unspecified atom stereocenters. The molecule has 0 aromatic rings. The molecule has 0 saturated heterocycles. The molecular formula is C21H34O. The van der Waals surface area contributed by atoms with E-state index >= 15 is 0 Å². The molecule has 124 valence electrons. The lowest BCUT2D eigenvalue weighted by molar-refractivity contribution is -0.162. The van der Waals surface area contributed by atoms with Gasteiger partial charge in [-0.3, -0.25) is 4.79 Å². The van der Waals surface area contributed by atoms with E-state index in [0.717, 1.165) is 24.2 Å². The van der Waals surface area contributed by atoms with Gasteiger partial charge in [0.25, 0.3) is 0 Å². The summed E-state index contributed by atoms with van der Waals surface area (Å²) in [4.78, 5) is 12.5. The first-order valence-electron chi connectivity index (χ1n) is 9.82. The molecule has 1 heteroatoms. The standard InChI is InChI=1S/C21H34O/c1-19(2)17-8-7-14-15-6-5-11-20(15,3)12-9-16(14)21(17,4)13-10-18(19)22/h14-17H,5-13H2,1-4H3/t14?,15?,16?,17-,20?,21?/m0/s1. The van der Waals surface area contributed by atoms with Gasteiger partial charge >= 0.3 is 0 Å². The quantitative estimate of drug-likeness (QED) is 0.567. The lowest BCUT2D eigenvalue weighted by Crippen LogP contribution is -2.57. The van der Waals surface area contributed by atoms with Gasteiger partial charge in [0.05, 0.1) is 0 Å². The average molecular weight is 303 g/mol. The summed E-state index contributed by atoms with van der Waals surface area (Å²) in [5, 5.41) is 0. The van der Waals surface area contributed by atoms with Gasteiger partial charge in [-0.2, -0.15) is 0 Å². The van der Waals surface area contributed by atoms with E-state index in [0.29, 0.717) is 22.5 Å². The molecule has 4 rings (SSSR count). The summed E-state index contributed by atoms with van der Waals surface area (Å²) < 4.78 is 0. The van der Waals surface area contributed by atoms with Gasteiger partial charge in [-0.15, -0.1) is 0 Å². The number of rotatable bonds is 0. The molecule has 0 N–H and O–H groups in total. The summed E-state index contributed by atoms with van der Waals surface area (Å²) in [5.41, 5.74) is 1.02. The van der Waals surface area contributed by atoms with E-state index in [1.165, 1.54) is 51.4 Å². The summed E-state index contributed by atoms with van der Waals surface area (Å²) in [7, 11) is 0. The molecule has 4 fully saturated rings. The van der Waals surface area contributed by atoms with E-state index in [2.05, 4.69) is 27.7 Å². The Hall–Kier alpha value is -0.330. The molecule has 0 aromatic heterocycles. The van der Waals surface area contributed by atoms with Crippen LogP contribution in [0.5, 0.6) is 0 Å². The van der Waals surface area contributed by atoms with Crippen molar-refractivity contribution < 1.29 is 4.79 Å². The van der Waals surface area contributed by atoms with Crippen LogP contribution in [-0.2, 0) is 4.79 Å². The highest BCUT2D eigenvalue weighted by Gasteiger charge is 2.61. The fourth-order valence-electron chi connectivity index (χ4n) is 7.89. The molecule has 4 aliphatic rings. The second-order valence-electron chi connectivity index (χ2n) is 10.2. The van der Waals surface area contributed by atoms with Crippen LogP contribution in [0.2, 0.25) is 0 Å². The Kier molecular flexibility index (Phi) is 3.18. The Morgan fingerprint density at radius 3 is 2.41 bits per heavy atom. The maximum absolute atomic E-state index is 12.5. The number of hydrogen-bond acceptors (Lipinski definition) is 1. The van der Waals surface area contributed by atoms with Crippen molar-refractivity contribution in [2.45, 2.75) is 85.5 Å². The van der Waals surface area contributed by atoms with Gasteiger partial charge in [0.15, 0.2) is 0 Å². The Morgan fingerprint density at radius 1 is 0.864 bits per heavy atom. The third kappa shape index (κ3) is 1.80. The zero-order valence-corrected chi connectivity index (χ0v) is 15.1. The molecule has 0 spiro atoms. The second kappa shape index (κ2) is 4.61. The van der Waals surface area contributed by atoms with Crippen LogP contribution >= 0.6 is 0 Å². The minimum Gasteiger partial charge on any atom is -0.299 e. The zero-order valence-electron chi connectivity index (χ0n) is 15.1. The van der Waals surface area contributed by atoms with E-state index in [1.807, 2.05) is 0 Å². The van der Waals surface area contributed by atoms with Gasteiger partial charge in [-0.25, -0.2) is 0 Å². The first-order chi connectivity index (χ1) is 10.3. The Labute approximate surface area is 136 Å². The van der Waals surface area contributed by atoms with Crippen molar-refractivity contribution in [2.24, 2.45) is 39.9 Å². The molecule has 0 aliphatic heterocycles. The number of carbonyl (C=O) groups is 1. The lowest BCUT2D eigenvalue weighted by atomic mass is 9.41. The van der Waals surface area contributed by atoms with Gasteiger partial charge in [-0.05, 0) is 79.4 Å². The van der Waals surface area contributed by atoms with Crippen LogP contribution in [0.25, 0.3) is 0 Å². The summed E-state index contributed by atoms with van der Waals surface area (Å²) >= 11 is 0. The molecule has 0 amide bonds. The second-order valence-corrected chi connectivity index (χ2v) is 10.2. The van der Waals surface area contributed by atoms with Crippen molar-refractivity contribution >= 4 is 5.78 Å². The van der Waals surface area contributed by atoms with Crippen LogP contribution in [0.15, 0.2) is 0 Å².